The number of hydrogen-bond acceptors (Lipinski definition) is 0. The summed E-state index contributed by atoms with van der Waals surface area (Å²) < 4.78 is 0. The minimum Gasteiger partial charge on any atom is -0.0628 e. The quantitative estimate of drug-likeness (QED) is 0.442. The van der Waals surface area contributed by atoms with E-state index in [2.05, 4.69) is 41.5 Å². The second-order valence-electron chi connectivity index (χ2n) is 13.1. The molecule has 4 aliphatic rings. The Morgan fingerprint density at radius 1 is 0.714 bits per heavy atom. The van der Waals surface area contributed by atoms with Crippen molar-refractivity contribution in [3.63, 3.8) is 0 Å². The van der Waals surface area contributed by atoms with E-state index >= 15 is 0 Å². The first-order chi connectivity index (χ1) is 13.2. The lowest BCUT2D eigenvalue weighted by molar-refractivity contribution is -0.156. The van der Waals surface area contributed by atoms with E-state index in [1.165, 1.54) is 51.4 Å². The standard InChI is InChI=1S/C28H50/c1-20(2)10-9-11-21(3)23-15-18-28(6)25-14-13-22-12-7-8-17-26(22,4)24(25)16-19-27(23,28)5/h20-25H,7-19H2,1-6H3/t21-,22?,23-,24+,25-,26+,27-,28+/m1/s1. The minimum absolute atomic E-state index is 0.614. The predicted molar refractivity (Wildman–Crippen MR) is 122 cm³/mol. The van der Waals surface area contributed by atoms with Crippen LogP contribution in [0.2, 0.25) is 0 Å². The van der Waals surface area contributed by atoms with E-state index in [0.29, 0.717) is 16.2 Å². The van der Waals surface area contributed by atoms with Gasteiger partial charge in [-0.15, -0.1) is 0 Å². The van der Waals surface area contributed by atoms with Crippen LogP contribution in [0, 0.1) is 51.8 Å². The molecule has 0 spiro atoms. The maximum atomic E-state index is 2.77. The molecule has 0 heteroatoms. The van der Waals surface area contributed by atoms with Crippen molar-refractivity contribution in [1.29, 1.82) is 0 Å². The van der Waals surface area contributed by atoms with E-state index in [-0.39, 0.29) is 0 Å². The molecule has 0 N–H and O–H groups in total. The Kier molecular flexibility index (Phi) is 5.77. The van der Waals surface area contributed by atoms with Crippen molar-refractivity contribution in [3.8, 4) is 0 Å². The molecule has 0 saturated heterocycles. The Balaban J connectivity index is 1.52. The highest BCUT2D eigenvalue weighted by Gasteiger charge is 2.65. The van der Waals surface area contributed by atoms with Gasteiger partial charge in [0, 0.05) is 0 Å². The Labute approximate surface area is 177 Å². The summed E-state index contributed by atoms with van der Waals surface area (Å²) >= 11 is 0. The maximum Gasteiger partial charge on any atom is -0.0238 e. The second-order valence-corrected chi connectivity index (χ2v) is 13.1. The third kappa shape index (κ3) is 3.13. The maximum absolute atomic E-state index is 2.77. The zero-order valence-corrected chi connectivity index (χ0v) is 20.2. The van der Waals surface area contributed by atoms with Gasteiger partial charge in [-0.1, -0.05) is 73.6 Å². The van der Waals surface area contributed by atoms with Crippen LogP contribution < -0.4 is 0 Å². The molecular formula is C28H50. The van der Waals surface area contributed by atoms with E-state index in [1.807, 2.05) is 0 Å². The monoisotopic (exact) mass is 386 g/mol. The summed E-state index contributed by atoms with van der Waals surface area (Å²) in [5.41, 5.74) is 1.92. The summed E-state index contributed by atoms with van der Waals surface area (Å²) in [6.07, 6.45) is 19.7. The van der Waals surface area contributed by atoms with Crippen LogP contribution in [0.4, 0.5) is 0 Å². The van der Waals surface area contributed by atoms with Crippen molar-refractivity contribution in [3.05, 3.63) is 0 Å². The van der Waals surface area contributed by atoms with Crippen molar-refractivity contribution in [2.24, 2.45) is 51.8 Å². The van der Waals surface area contributed by atoms with Gasteiger partial charge in [0.05, 0.1) is 0 Å². The van der Waals surface area contributed by atoms with Crippen LogP contribution in [-0.2, 0) is 0 Å². The van der Waals surface area contributed by atoms with Crippen molar-refractivity contribution in [1.82, 2.24) is 0 Å². The van der Waals surface area contributed by atoms with Gasteiger partial charge in [0.25, 0.3) is 0 Å². The van der Waals surface area contributed by atoms with Gasteiger partial charge in [0.15, 0.2) is 0 Å². The van der Waals surface area contributed by atoms with Gasteiger partial charge in [0.1, 0.15) is 0 Å². The Hall–Kier alpha value is 0. The third-order valence-corrected chi connectivity index (χ3v) is 11.6. The van der Waals surface area contributed by atoms with Crippen molar-refractivity contribution in [2.45, 2.75) is 125 Å². The first-order valence-electron chi connectivity index (χ1n) is 13.2. The summed E-state index contributed by atoms with van der Waals surface area (Å²) in [4.78, 5) is 0. The fourth-order valence-corrected chi connectivity index (χ4v) is 9.71. The molecule has 0 radical (unpaired) electrons. The molecule has 0 nitrogen and oxygen atoms in total. The van der Waals surface area contributed by atoms with Crippen LogP contribution in [0.1, 0.15) is 125 Å². The molecule has 28 heavy (non-hydrogen) atoms. The molecule has 162 valence electrons. The van der Waals surface area contributed by atoms with Crippen LogP contribution in [0.25, 0.3) is 0 Å². The summed E-state index contributed by atoms with van der Waals surface area (Å²) in [5.74, 6) is 5.92. The number of rotatable bonds is 5. The Morgan fingerprint density at radius 3 is 2.21 bits per heavy atom. The van der Waals surface area contributed by atoms with E-state index in [1.54, 1.807) is 32.1 Å². The first-order valence-corrected chi connectivity index (χ1v) is 13.2. The number of hydrogen-bond donors (Lipinski definition) is 0. The largest absolute Gasteiger partial charge is 0.0628 e. The first kappa shape index (κ1) is 21.2. The van der Waals surface area contributed by atoms with E-state index < -0.39 is 0 Å². The van der Waals surface area contributed by atoms with Crippen LogP contribution in [0.3, 0.4) is 0 Å². The third-order valence-electron chi connectivity index (χ3n) is 11.6. The van der Waals surface area contributed by atoms with Gasteiger partial charge >= 0.3 is 0 Å². The smallest absolute Gasteiger partial charge is 0.0238 e. The molecule has 0 aromatic rings. The molecule has 0 amide bonds. The molecule has 0 bridgehead atoms. The lowest BCUT2D eigenvalue weighted by atomic mass is 9.40. The van der Waals surface area contributed by atoms with Gasteiger partial charge in [-0.25, -0.2) is 0 Å². The normalized spacial score (nSPS) is 49.4. The average molecular weight is 387 g/mol. The Bertz CT molecular complexity index is 548. The average Bonchev–Trinajstić information content (AvgIpc) is 2.92. The lowest BCUT2D eigenvalue weighted by Gasteiger charge is -2.64. The highest BCUT2D eigenvalue weighted by atomic mass is 14.7. The summed E-state index contributed by atoms with van der Waals surface area (Å²) in [6.45, 7) is 15.7. The summed E-state index contributed by atoms with van der Waals surface area (Å²) in [5, 5.41) is 0. The van der Waals surface area contributed by atoms with E-state index in [4.69, 9.17) is 0 Å². The number of fused-ring (bicyclic) bond motifs is 5. The van der Waals surface area contributed by atoms with Crippen LogP contribution in [-0.4, -0.2) is 0 Å². The Morgan fingerprint density at radius 2 is 1.46 bits per heavy atom. The highest BCUT2D eigenvalue weighted by Crippen LogP contribution is 2.73. The molecular weight excluding hydrogens is 336 g/mol. The van der Waals surface area contributed by atoms with Crippen molar-refractivity contribution in [2.75, 3.05) is 0 Å². The van der Waals surface area contributed by atoms with Crippen molar-refractivity contribution >= 4 is 0 Å². The molecule has 4 fully saturated rings. The van der Waals surface area contributed by atoms with Gasteiger partial charge in [-0.3, -0.25) is 0 Å². The highest BCUT2D eigenvalue weighted by molar-refractivity contribution is 5.14. The van der Waals surface area contributed by atoms with Crippen LogP contribution in [0.15, 0.2) is 0 Å². The molecule has 0 aromatic carbocycles. The molecule has 1 unspecified atom stereocenters. The zero-order valence-electron chi connectivity index (χ0n) is 20.2. The molecule has 0 heterocycles. The molecule has 4 saturated carbocycles. The molecule has 4 rings (SSSR count). The van der Waals surface area contributed by atoms with Crippen LogP contribution in [0.5, 0.6) is 0 Å². The zero-order chi connectivity index (χ0) is 20.2. The topological polar surface area (TPSA) is 0 Å². The lowest BCUT2D eigenvalue weighted by Crippen LogP contribution is -2.57. The van der Waals surface area contributed by atoms with Gasteiger partial charge in [-0.05, 0) is 103 Å². The van der Waals surface area contributed by atoms with E-state index in [9.17, 15) is 0 Å². The minimum atomic E-state index is 0.614. The molecule has 4 aliphatic carbocycles. The van der Waals surface area contributed by atoms with Gasteiger partial charge < -0.3 is 0 Å². The van der Waals surface area contributed by atoms with Gasteiger partial charge in [0.2, 0.25) is 0 Å². The SMILES string of the molecule is CC(C)CCC[C@@H](C)[C@H]1CC[C@@]2(C)[C@@H]3CCC4CCCC[C@]4(C)[C@H]3CC[C@]12C. The fraction of sp³-hybridized carbons (Fsp3) is 1.00. The van der Waals surface area contributed by atoms with Crippen LogP contribution >= 0.6 is 0 Å². The van der Waals surface area contributed by atoms with Crippen molar-refractivity contribution < 1.29 is 0 Å². The molecule has 0 aromatic heterocycles. The summed E-state index contributed by atoms with van der Waals surface area (Å²) in [6, 6.07) is 0. The molecule has 0 aliphatic heterocycles. The van der Waals surface area contributed by atoms with Gasteiger partial charge in [-0.2, -0.15) is 0 Å². The van der Waals surface area contributed by atoms with E-state index in [0.717, 1.165) is 35.5 Å². The molecule has 8 atom stereocenters. The second kappa shape index (κ2) is 7.60. The predicted octanol–water partition coefficient (Wildman–Crippen LogP) is 8.89. The summed E-state index contributed by atoms with van der Waals surface area (Å²) in [7, 11) is 0. The fourth-order valence-electron chi connectivity index (χ4n) is 9.71.